The van der Waals surface area contributed by atoms with Crippen LogP contribution in [-0.4, -0.2) is 27.4 Å². The molecule has 156 valence electrons. The number of hydrogen-bond donors (Lipinski definition) is 2. The van der Waals surface area contributed by atoms with Gasteiger partial charge in [0.2, 0.25) is 5.91 Å². The lowest BCUT2D eigenvalue weighted by atomic mass is 10.1. The monoisotopic (exact) mass is 432 g/mol. The average Bonchev–Trinajstić information content (AvgIpc) is 3.01. The Kier molecular flexibility index (Phi) is 5.16. The van der Waals surface area contributed by atoms with E-state index >= 15 is 0 Å². The Hall–Kier alpha value is -3.78. The first-order chi connectivity index (χ1) is 14.7. The fourth-order valence-electron chi connectivity index (χ4n) is 3.82. The summed E-state index contributed by atoms with van der Waals surface area (Å²) in [5.41, 5.74) is 9.26. The second kappa shape index (κ2) is 7.81. The highest BCUT2D eigenvalue weighted by atomic mass is 32.1. The van der Waals surface area contributed by atoms with Crippen molar-refractivity contribution in [1.29, 1.82) is 0 Å². The number of anilines is 1. The second-order valence-electron chi connectivity index (χ2n) is 7.50. The normalized spacial score (nSPS) is 15.6. The summed E-state index contributed by atoms with van der Waals surface area (Å²) in [5, 5.41) is 3.43. The number of nitrogens with one attached hydrogen (secondary N) is 1. The van der Waals surface area contributed by atoms with Gasteiger partial charge in [-0.3, -0.25) is 24.6 Å². The van der Waals surface area contributed by atoms with E-state index in [9.17, 15) is 14.4 Å². The zero-order chi connectivity index (χ0) is 22.3. The lowest BCUT2D eigenvalue weighted by molar-refractivity contribution is -0.122. The molecular weight excluding hydrogens is 412 g/mol. The lowest BCUT2D eigenvalue weighted by Gasteiger charge is -2.29. The van der Waals surface area contributed by atoms with Gasteiger partial charge in [-0.1, -0.05) is 24.3 Å². The van der Waals surface area contributed by atoms with Crippen LogP contribution in [0.4, 0.5) is 5.69 Å². The molecular formula is C23H20N4O3S. The number of benzene rings is 2. The molecule has 0 aliphatic carbocycles. The Labute approximate surface area is 184 Å². The molecule has 1 aliphatic rings. The molecule has 4 rings (SSSR count). The highest BCUT2D eigenvalue weighted by molar-refractivity contribution is 7.80. The Morgan fingerprint density at radius 1 is 1.13 bits per heavy atom. The van der Waals surface area contributed by atoms with Crippen LogP contribution in [0.25, 0.3) is 17.0 Å². The van der Waals surface area contributed by atoms with E-state index in [2.05, 4.69) is 5.32 Å². The number of aromatic nitrogens is 1. The predicted octanol–water partition coefficient (Wildman–Crippen LogP) is 2.57. The van der Waals surface area contributed by atoms with Crippen LogP contribution in [0.1, 0.15) is 16.7 Å². The van der Waals surface area contributed by atoms with E-state index in [4.69, 9.17) is 18.0 Å². The van der Waals surface area contributed by atoms with Crippen LogP contribution in [0.3, 0.4) is 0 Å². The van der Waals surface area contributed by atoms with Crippen molar-refractivity contribution in [3.05, 3.63) is 70.9 Å². The summed E-state index contributed by atoms with van der Waals surface area (Å²) in [5.74, 6) is -1.56. The number of hydrogen-bond acceptors (Lipinski definition) is 4. The minimum absolute atomic E-state index is 0.0113. The van der Waals surface area contributed by atoms with Gasteiger partial charge in [-0.05, 0) is 61.5 Å². The molecule has 0 saturated carbocycles. The van der Waals surface area contributed by atoms with E-state index in [1.807, 2.05) is 56.3 Å². The van der Waals surface area contributed by atoms with Gasteiger partial charge in [0.25, 0.3) is 11.8 Å². The summed E-state index contributed by atoms with van der Waals surface area (Å²) in [6, 6.07) is 13.1. The number of nitrogens with two attached hydrogens (primary N) is 1. The highest BCUT2D eigenvalue weighted by Gasteiger charge is 2.34. The maximum Gasteiger partial charge on any atom is 0.270 e. The Morgan fingerprint density at radius 3 is 2.48 bits per heavy atom. The molecule has 1 fully saturated rings. The van der Waals surface area contributed by atoms with Crippen molar-refractivity contribution in [3.63, 3.8) is 0 Å². The van der Waals surface area contributed by atoms with E-state index in [-0.39, 0.29) is 17.2 Å². The molecule has 7 nitrogen and oxygen atoms in total. The second-order valence-corrected chi connectivity index (χ2v) is 7.89. The van der Waals surface area contributed by atoms with E-state index in [0.29, 0.717) is 11.3 Å². The van der Waals surface area contributed by atoms with Crippen molar-refractivity contribution in [2.45, 2.75) is 20.4 Å². The van der Waals surface area contributed by atoms with E-state index in [1.54, 1.807) is 10.8 Å². The first-order valence-electron chi connectivity index (χ1n) is 9.60. The third-order valence-electron chi connectivity index (χ3n) is 5.01. The first kappa shape index (κ1) is 20.5. The molecule has 8 heteroatoms. The van der Waals surface area contributed by atoms with Gasteiger partial charge in [0.05, 0.1) is 5.69 Å². The highest BCUT2D eigenvalue weighted by Crippen LogP contribution is 2.27. The fraction of sp³-hybridized carbons (Fsp3) is 0.130. The van der Waals surface area contributed by atoms with Crippen molar-refractivity contribution >= 4 is 57.7 Å². The number of aryl methyl sites for hydroxylation is 2. The number of rotatable bonds is 4. The van der Waals surface area contributed by atoms with E-state index in [1.165, 1.54) is 11.0 Å². The van der Waals surface area contributed by atoms with Crippen LogP contribution >= 0.6 is 12.2 Å². The van der Waals surface area contributed by atoms with Crippen LogP contribution < -0.4 is 16.0 Å². The minimum atomic E-state index is -0.567. The molecule has 3 aromatic rings. The summed E-state index contributed by atoms with van der Waals surface area (Å²) in [6.07, 6.45) is 3.23. The van der Waals surface area contributed by atoms with Crippen molar-refractivity contribution < 1.29 is 14.4 Å². The SMILES string of the molecule is Cc1cc(C)cc(N2C(=O)C(=Cc3cn(CC(N)=O)c4ccccc34)C(=O)NC2=S)c1. The number of amides is 3. The molecule has 0 unspecified atom stereocenters. The zero-order valence-corrected chi connectivity index (χ0v) is 17.8. The summed E-state index contributed by atoms with van der Waals surface area (Å²) >= 11 is 5.29. The number of para-hydroxylation sites is 1. The largest absolute Gasteiger partial charge is 0.368 e. The van der Waals surface area contributed by atoms with Gasteiger partial charge in [0.1, 0.15) is 12.1 Å². The average molecular weight is 433 g/mol. The van der Waals surface area contributed by atoms with Gasteiger partial charge in [0, 0.05) is 22.7 Å². The van der Waals surface area contributed by atoms with Crippen molar-refractivity contribution in [1.82, 2.24) is 9.88 Å². The smallest absolute Gasteiger partial charge is 0.270 e. The van der Waals surface area contributed by atoms with Crippen LogP contribution in [0.2, 0.25) is 0 Å². The van der Waals surface area contributed by atoms with Crippen molar-refractivity contribution in [2.24, 2.45) is 5.73 Å². The van der Waals surface area contributed by atoms with Crippen LogP contribution in [0.5, 0.6) is 0 Å². The molecule has 1 saturated heterocycles. The zero-order valence-electron chi connectivity index (χ0n) is 17.0. The molecule has 0 bridgehead atoms. The van der Waals surface area contributed by atoms with Crippen LogP contribution in [-0.2, 0) is 20.9 Å². The standard InChI is InChI=1S/C23H20N4O3S/c1-13-7-14(2)9-16(8-13)27-22(30)18(21(29)25-23(27)31)10-15-11-26(12-20(24)28)19-6-4-3-5-17(15)19/h3-11H,12H2,1-2H3,(H2,24,28)(H,25,29,31). The van der Waals surface area contributed by atoms with Crippen molar-refractivity contribution in [3.8, 4) is 0 Å². The van der Waals surface area contributed by atoms with Gasteiger partial charge in [-0.2, -0.15) is 0 Å². The number of carbonyl (C=O) groups excluding carboxylic acids is 3. The number of thiocarbonyl (C=S) groups is 1. The first-order valence-corrected chi connectivity index (χ1v) is 10.0. The Balaban J connectivity index is 1.82. The van der Waals surface area contributed by atoms with Crippen LogP contribution in [0.15, 0.2) is 54.2 Å². The quantitative estimate of drug-likeness (QED) is 0.376. The maximum atomic E-state index is 13.3. The Bertz CT molecular complexity index is 1290. The van der Waals surface area contributed by atoms with E-state index in [0.717, 1.165) is 22.0 Å². The van der Waals surface area contributed by atoms with Gasteiger partial charge in [-0.25, -0.2) is 0 Å². The summed E-state index contributed by atoms with van der Waals surface area (Å²) in [6.45, 7) is 3.84. The van der Waals surface area contributed by atoms with Gasteiger partial charge >= 0.3 is 0 Å². The van der Waals surface area contributed by atoms with Crippen LogP contribution in [0, 0.1) is 13.8 Å². The predicted molar refractivity (Wildman–Crippen MR) is 123 cm³/mol. The minimum Gasteiger partial charge on any atom is -0.368 e. The summed E-state index contributed by atoms with van der Waals surface area (Å²) in [4.78, 5) is 38.8. The maximum absolute atomic E-state index is 13.3. The van der Waals surface area contributed by atoms with Gasteiger partial charge < -0.3 is 10.3 Å². The molecule has 1 aliphatic heterocycles. The van der Waals surface area contributed by atoms with Crippen molar-refractivity contribution in [2.75, 3.05) is 4.90 Å². The number of nitrogens with zero attached hydrogens (tertiary/aromatic N) is 2. The molecule has 3 amide bonds. The number of primary amides is 1. The summed E-state index contributed by atoms with van der Waals surface area (Å²) < 4.78 is 1.70. The molecule has 0 spiro atoms. The Morgan fingerprint density at radius 2 is 1.81 bits per heavy atom. The molecule has 31 heavy (non-hydrogen) atoms. The topological polar surface area (TPSA) is 97.4 Å². The molecule has 2 aromatic carbocycles. The summed E-state index contributed by atoms with van der Waals surface area (Å²) in [7, 11) is 0. The van der Waals surface area contributed by atoms with Gasteiger partial charge in [-0.15, -0.1) is 0 Å². The number of carbonyl (C=O) groups is 3. The lowest BCUT2D eigenvalue weighted by Crippen LogP contribution is -2.54. The van der Waals surface area contributed by atoms with Gasteiger partial charge in [0.15, 0.2) is 5.11 Å². The fourth-order valence-corrected chi connectivity index (χ4v) is 4.10. The molecule has 0 atom stereocenters. The molecule has 2 heterocycles. The van der Waals surface area contributed by atoms with E-state index < -0.39 is 17.7 Å². The number of fused-ring (bicyclic) bond motifs is 1. The third kappa shape index (κ3) is 3.85. The third-order valence-corrected chi connectivity index (χ3v) is 5.30. The molecule has 3 N–H and O–H groups in total. The molecule has 0 radical (unpaired) electrons. The molecule has 1 aromatic heterocycles.